The molecule has 0 spiro atoms. The van der Waals surface area contributed by atoms with E-state index in [1.807, 2.05) is 0 Å². The molecule has 0 bridgehead atoms. The third-order valence-corrected chi connectivity index (χ3v) is 6.66. The third kappa shape index (κ3) is 2.28. The van der Waals surface area contributed by atoms with Crippen LogP contribution in [0.4, 0.5) is 17.1 Å². The molecule has 1 heteroatoms. The predicted molar refractivity (Wildman–Crippen MR) is 121 cm³/mol. The maximum atomic E-state index is 2.46. The van der Waals surface area contributed by atoms with Crippen LogP contribution < -0.4 is 4.90 Å². The van der Waals surface area contributed by atoms with Crippen molar-refractivity contribution in [1.82, 2.24) is 0 Å². The molecule has 0 saturated heterocycles. The number of hydrogen-bond donors (Lipinski definition) is 0. The van der Waals surface area contributed by atoms with E-state index in [4.69, 9.17) is 0 Å². The number of anilines is 3. The largest absolute Gasteiger partial charge is 0.310 e. The molecule has 0 aromatic heterocycles. The number of fused-ring (bicyclic) bond motifs is 5. The zero-order chi connectivity index (χ0) is 19.6. The number of para-hydroxylation sites is 2. The Kier molecular flexibility index (Phi) is 3.35. The lowest BCUT2D eigenvalue weighted by molar-refractivity contribution is 0.632. The monoisotopic (exact) mass is 373 g/mol. The smallest absolute Gasteiger partial charge is 0.0505 e. The van der Waals surface area contributed by atoms with E-state index in [2.05, 4.69) is 110 Å². The first-order chi connectivity index (χ1) is 14.1. The van der Waals surface area contributed by atoms with Crippen LogP contribution in [0.3, 0.4) is 0 Å². The summed E-state index contributed by atoms with van der Waals surface area (Å²) in [6.07, 6.45) is 1.02. The first kappa shape index (κ1) is 16.6. The van der Waals surface area contributed by atoms with Crippen LogP contribution >= 0.6 is 0 Å². The van der Waals surface area contributed by atoms with Crippen molar-refractivity contribution >= 4 is 17.1 Å². The van der Waals surface area contributed by atoms with Gasteiger partial charge in [-0.25, -0.2) is 0 Å². The topological polar surface area (TPSA) is 3.24 Å². The Morgan fingerprint density at radius 2 is 1.34 bits per heavy atom. The summed E-state index contributed by atoms with van der Waals surface area (Å²) in [4.78, 5) is 2.44. The van der Waals surface area contributed by atoms with E-state index < -0.39 is 0 Å². The molecule has 0 saturated carbocycles. The minimum Gasteiger partial charge on any atom is -0.310 e. The summed E-state index contributed by atoms with van der Waals surface area (Å²) >= 11 is 0. The molecule has 6 rings (SSSR count). The Bertz CT molecular complexity index is 1250. The molecule has 1 heterocycles. The molecule has 1 aliphatic carbocycles. The van der Waals surface area contributed by atoms with Crippen LogP contribution in [-0.2, 0) is 11.8 Å². The normalized spacial score (nSPS) is 15.3. The first-order valence-electron chi connectivity index (χ1n) is 10.3. The summed E-state index contributed by atoms with van der Waals surface area (Å²) in [5, 5.41) is 0. The van der Waals surface area contributed by atoms with E-state index in [-0.39, 0.29) is 5.41 Å². The molecule has 4 aromatic carbocycles. The molecule has 0 N–H and O–H groups in total. The lowest BCUT2D eigenvalue weighted by atomic mass is 9.72. The van der Waals surface area contributed by atoms with Gasteiger partial charge in [-0.2, -0.15) is 0 Å². The third-order valence-electron chi connectivity index (χ3n) is 6.66. The first-order valence-corrected chi connectivity index (χ1v) is 10.3. The molecule has 29 heavy (non-hydrogen) atoms. The van der Waals surface area contributed by atoms with Gasteiger partial charge >= 0.3 is 0 Å². The molecule has 4 aromatic rings. The Hall–Kier alpha value is -3.32. The van der Waals surface area contributed by atoms with Crippen molar-refractivity contribution in [2.75, 3.05) is 4.90 Å². The predicted octanol–water partition coefficient (Wildman–Crippen LogP) is 7.37. The van der Waals surface area contributed by atoms with Gasteiger partial charge in [0.1, 0.15) is 0 Å². The summed E-state index contributed by atoms with van der Waals surface area (Å²) < 4.78 is 0. The number of rotatable bonds is 1. The average Bonchev–Trinajstić information content (AvgIpc) is 3.11. The van der Waals surface area contributed by atoms with E-state index in [0.717, 1.165) is 6.42 Å². The van der Waals surface area contributed by atoms with Crippen LogP contribution in [0.15, 0.2) is 91.0 Å². The Morgan fingerprint density at radius 3 is 2.21 bits per heavy atom. The second-order valence-corrected chi connectivity index (χ2v) is 8.67. The highest BCUT2D eigenvalue weighted by Gasteiger charge is 2.38. The van der Waals surface area contributed by atoms with Gasteiger partial charge in [0.05, 0.1) is 11.4 Å². The lowest BCUT2D eigenvalue weighted by Gasteiger charge is -2.42. The van der Waals surface area contributed by atoms with E-state index in [9.17, 15) is 0 Å². The van der Waals surface area contributed by atoms with E-state index in [1.54, 1.807) is 0 Å². The zero-order valence-corrected chi connectivity index (χ0v) is 16.8. The minimum absolute atomic E-state index is 0.0518. The maximum Gasteiger partial charge on any atom is 0.0505 e. The van der Waals surface area contributed by atoms with Gasteiger partial charge < -0.3 is 4.90 Å². The summed E-state index contributed by atoms with van der Waals surface area (Å²) in [7, 11) is 0. The molecule has 1 nitrogen and oxygen atoms in total. The fourth-order valence-corrected chi connectivity index (χ4v) is 5.18. The van der Waals surface area contributed by atoms with Gasteiger partial charge in [0.2, 0.25) is 0 Å². The van der Waals surface area contributed by atoms with Crippen molar-refractivity contribution < 1.29 is 0 Å². The standard InChI is InChI=1S/C28H23N/c1-28(2)24-14-8-9-15-26(24)29(21-11-4-3-5-12-21)27-17-20-16-19-10-6-7-13-22(19)23(20)18-25(27)28/h3-15,17-18H,16H2,1-2H3. The van der Waals surface area contributed by atoms with Crippen molar-refractivity contribution in [3.63, 3.8) is 0 Å². The quantitative estimate of drug-likeness (QED) is 0.296. The fourth-order valence-electron chi connectivity index (χ4n) is 5.18. The molecule has 2 aliphatic rings. The molecule has 0 unspecified atom stereocenters. The summed E-state index contributed by atoms with van der Waals surface area (Å²) in [6.45, 7) is 4.72. The molecular weight excluding hydrogens is 350 g/mol. The molecule has 0 radical (unpaired) electrons. The van der Waals surface area contributed by atoms with Crippen LogP contribution in [0.2, 0.25) is 0 Å². The van der Waals surface area contributed by atoms with Crippen molar-refractivity contribution in [3.8, 4) is 11.1 Å². The van der Waals surface area contributed by atoms with Crippen LogP contribution in [0.25, 0.3) is 11.1 Å². The van der Waals surface area contributed by atoms with Gasteiger partial charge in [-0.15, -0.1) is 0 Å². The van der Waals surface area contributed by atoms with Gasteiger partial charge in [-0.1, -0.05) is 74.5 Å². The van der Waals surface area contributed by atoms with E-state index in [1.165, 1.54) is 50.4 Å². The van der Waals surface area contributed by atoms with Crippen LogP contribution in [0, 0.1) is 0 Å². The van der Waals surface area contributed by atoms with Gasteiger partial charge in [-0.05, 0) is 70.1 Å². The highest BCUT2D eigenvalue weighted by atomic mass is 15.2. The highest BCUT2D eigenvalue weighted by molar-refractivity contribution is 5.90. The van der Waals surface area contributed by atoms with Crippen LogP contribution in [-0.4, -0.2) is 0 Å². The highest BCUT2D eigenvalue weighted by Crippen LogP contribution is 2.54. The SMILES string of the molecule is CC1(C)c2ccccc2N(c2ccccc2)c2cc3c(cc21)-c1ccccc1C3. The van der Waals surface area contributed by atoms with Gasteiger partial charge in [0.15, 0.2) is 0 Å². The minimum atomic E-state index is -0.0518. The van der Waals surface area contributed by atoms with Gasteiger partial charge in [0, 0.05) is 11.1 Å². The molecule has 0 atom stereocenters. The van der Waals surface area contributed by atoms with Crippen molar-refractivity contribution in [2.45, 2.75) is 25.7 Å². The Labute approximate surface area is 172 Å². The van der Waals surface area contributed by atoms with Crippen LogP contribution in [0.1, 0.15) is 36.1 Å². The summed E-state index contributed by atoms with van der Waals surface area (Å²) in [5.41, 5.74) is 12.2. The average molecular weight is 373 g/mol. The Morgan fingerprint density at radius 1 is 0.621 bits per heavy atom. The second-order valence-electron chi connectivity index (χ2n) is 8.67. The molecule has 140 valence electrons. The van der Waals surface area contributed by atoms with Crippen molar-refractivity contribution in [1.29, 1.82) is 0 Å². The van der Waals surface area contributed by atoms with Crippen LogP contribution in [0.5, 0.6) is 0 Å². The summed E-state index contributed by atoms with van der Waals surface area (Å²) in [5.74, 6) is 0. The molecule has 1 aliphatic heterocycles. The van der Waals surface area contributed by atoms with Gasteiger partial charge in [-0.3, -0.25) is 0 Å². The molecular formula is C28H23N. The summed E-state index contributed by atoms with van der Waals surface area (Å²) in [6, 6.07) is 33.4. The second kappa shape index (κ2) is 5.84. The number of nitrogens with zero attached hydrogens (tertiary/aromatic N) is 1. The zero-order valence-electron chi connectivity index (χ0n) is 16.8. The van der Waals surface area contributed by atoms with Crippen molar-refractivity contribution in [2.24, 2.45) is 0 Å². The number of hydrogen-bond acceptors (Lipinski definition) is 1. The van der Waals surface area contributed by atoms with Gasteiger partial charge in [0.25, 0.3) is 0 Å². The fraction of sp³-hybridized carbons (Fsp3) is 0.143. The number of benzene rings is 4. The lowest BCUT2D eigenvalue weighted by Crippen LogP contribution is -2.30. The molecule has 0 fully saturated rings. The van der Waals surface area contributed by atoms with Crippen molar-refractivity contribution in [3.05, 3.63) is 113 Å². The molecule has 0 amide bonds. The van der Waals surface area contributed by atoms with E-state index in [0.29, 0.717) is 0 Å². The maximum absolute atomic E-state index is 2.46. The van der Waals surface area contributed by atoms with E-state index >= 15 is 0 Å². The Balaban J connectivity index is 1.66.